The minimum atomic E-state index is 1.11. The first-order chi connectivity index (χ1) is 5.47. The van der Waals surface area contributed by atoms with Crippen LogP contribution in [0.3, 0.4) is 0 Å². The van der Waals surface area contributed by atoms with E-state index >= 15 is 0 Å². The molecule has 1 N–H and O–H groups in total. The van der Waals surface area contributed by atoms with Gasteiger partial charge in [-0.2, -0.15) is 0 Å². The number of nitrogens with zero attached hydrogens (tertiary/aromatic N) is 1. The summed E-state index contributed by atoms with van der Waals surface area (Å²) in [5.41, 5.74) is 0. The maximum atomic E-state index is 4.00. The number of nitrogens with one attached hydrogen (secondary N) is 1. The third-order valence-electron chi connectivity index (χ3n) is 1.59. The predicted molar refractivity (Wildman–Crippen MR) is 46.6 cm³/mol. The summed E-state index contributed by atoms with van der Waals surface area (Å²) in [6.07, 6.45) is 11.4. The molecule has 0 fully saturated rings. The molecule has 2 rings (SSSR count). The number of rotatable bonds is 0. The highest BCUT2D eigenvalue weighted by atomic mass is 14.7. The quantitative estimate of drug-likeness (QED) is 0.538. The van der Waals surface area contributed by atoms with Gasteiger partial charge in [-0.15, -0.1) is 0 Å². The molecule has 54 valence electrons. The zero-order valence-electron chi connectivity index (χ0n) is 5.99. The second-order valence-corrected chi connectivity index (χ2v) is 2.32. The first-order valence-corrected chi connectivity index (χ1v) is 3.50. The Kier molecular flexibility index (Phi) is 1.44. The molecular formula is C9H8N2. The van der Waals surface area contributed by atoms with E-state index in [2.05, 4.69) is 9.98 Å². The topological polar surface area (TPSA) is 28.1 Å². The highest BCUT2D eigenvalue weighted by molar-refractivity contribution is 5.91. The Morgan fingerprint density at radius 3 is 3.27 bits per heavy atom. The minimum Gasteiger partial charge on any atom is -0.361 e. The molecule has 0 radical (unpaired) electrons. The van der Waals surface area contributed by atoms with Crippen LogP contribution in [0, 0.1) is 0 Å². The Labute approximate surface area is 64.3 Å². The number of aliphatic imine (C=N–C) groups is 1. The van der Waals surface area contributed by atoms with E-state index in [0.29, 0.717) is 0 Å². The summed E-state index contributed by atoms with van der Waals surface area (Å²) in [7, 11) is 0. The second kappa shape index (κ2) is 2.58. The van der Waals surface area contributed by atoms with Crippen LogP contribution in [0.2, 0.25) is 0 Å². The van der Waals surface area contributed by atoms with Crippen molar-refractivity contribution in [2.75, 3.05) is 0 Å². The van der Waals surface area contributed by atoms with Crippen LogP contribution in [-0.2, 0) is 0 Å². The van der Waals surface area contributed by atoms with Gasteiger partial charge >= 0.3 is 0 Å². The molecule has 0 spiro atoms. The predicted octanol–water partition coefficient (Wildman–Crippen LogP) is 0.174. The lowest BCUT2D eigenvalue weighted by molar-refractivity contribution is 1.32. The normalized spacial score (nSPS) is 14.2. The van der Waals surface area contributed by atoms with Gasteiger partial charge in [0.25, 0.3) is 0 Å². The zero-order valence-corrected chi connectivity index (χ0v) is 5.99. The van der Waals surface area contributed by atoms with E-state index < -0.39 is 0 Å². The maximum absolute atomic E-state index is 4.00. The second-order valence-electron chi connectivity index (χ2n) is 2.32. The fraction of sp³-hybridized carbons (Fsp3) is 0. The number of allylic oxidation sites excluding steroid dienone is 1. The van der Waals surface area contributed by atoms with Crippen molar-refractivity contribution in [1.29, 1.82) is 0 Å². The molecule has 2 heteroatoms. The average Bonchev–Trinajstić information content (AvgIpc) is 2.35. The maximum Gasteiger partial charge on any atom is 0.0469 e. The highest BCUT2D eigenvalue weighted by Gasteiger charge is 1.83. The van der Waals surface area contributed by atoms with Crippen LogP contribution in [0.25, 0.3) is 12.2 Å². The van der Waals surface area contributed by atoms with Gasteiger partial charge in [-0.1, -0.05) is 6.08 Å². The molecule has 0 aliphatic carbocycles. The fourth-order valence-corrected chi connectivity index (χ4v) is 1.05. The van der Waals surface area contributed by atoms with Crippen LogP contribution in [-0.4, -0.2) is 11.2 Å². The number of aromatic nitrogens is 1. The van der Waals surface area contributed by atoms with Gasteiger partial charge in [-0.05, 0) is 23.4 Å². The number of fused-ring (bicyclic) bond motifs is 1. The average molecular weight is 144 g/mol. The number of H-pyrrole nitrogens is 1. The molecule has 0 saturated heterocycles. The van der Waals surface area contributed by atoms with E-state index in [1.165, 1.54) is 5.22 Å². The van der Waals surface area contributed by atoms with Crippen molar-refractivity contribution in [3.63, 3.8) is 0 Å². The summed E-state index contributed by atoms with van der Waals surface area (Å²) >= 11 is 0. The zero-order chi connectivity index (χ0) is 7.52. The van der Waals surface area contributed by atoms with Crippen LogP contribution in [0.4, 0.5) is 0 Å². The number of aromatic amines is 1. The monoisotopic (exact) mass is 144 g/mol. The van der Waals surface area contributed by atoms with Crippen LogP contribution in [0.5, 0.6) is 0 Å². The Bertz CT molecular complexity index is 369. The standard InChI is InChI=1S/C9H8N2/c1-2-8-3-7-11-9(8)4-6-10-5-1/h1-7,11H. The van der Waals surface area contributed by atoms with Gasteiger partial charge in [0.15, 0.2) is 0 Å². The lowest BCUT2D eigenvalue weighted by Crippen LogP contribution is -2.22. The van der Waals surface area contributed by atoms with E-state index in [9.17, 15) is 0 Å². The van der Waals surface area contributed by atoms with Crippen molar-refractivity contribution in [2.24, 2.45) is 4.99 Å². The largest absolute Gasteiger partial charge is 0.361 e. The molecule has 0 bridgehead atoms. The molecule has 0 aromatic carbocycles. The Morgan fingerprint density at radius 1 is 1.27 bits per heavy atom. The van der Waals surface area contributed by atoms with E-state index in [4.69, 9.17) is 0 Å². The molecule has 1 aliphatic rings. The number of hydrogen-bond donors (Lipinski definition) is 1. The fourth-order valence-electron chi connectivity index (χ4n) is 1.05. The van der Waals surface area contributed by atoms with Gasteiger partial charge in [-0.25, -0.2) is 0 Å². The van der Waals surface area contributed by atoms with Crippen LogP contribution in [0.15, 0.2) is 29.5 Å². The molecule has 1 aromatic heterocycles. The molecule has 0 amide bonds. The van der Waals surface area contributed by atoms with Crippen LogP contribution >= 0.6 is 0 Å². The van der Waals surface area contributed by atoms with E-state index in [-0.39, 0.29) is 0 Å². The lowest BCUT2D eigenvalue weighted by atomic mass is 10.3. The number of hydrogen-bond acceptors (Lipinski definition) is 1. The Hall–Kier alpha value is -1.57. The van der Waals surface area contributed by atoms with Crippen LogP contribution < -0.4 is 10.6 Å². The van der Waals surface area contributed by atoms with Crippen LogP contribution in [0.1, 0.15) is 0 Å². The molecule has 1 aliphatic heterocycles. The van der Waals surface area contributed by atoms with Crippen molar-refractivity contribution in [2.45, 2.75) is 0 Å². The van der Waals surface area contributed by atoms with Crippen molar-refractivity contribution in [3.05, 3.63) is 35.1 Å². The third kappa shape index (κ3) is 1.15. The molecule has 0 saturated carbocycles. The lowest BCUT2D eigenvalue weighted by Gasteiger charge is -1.81. The molecular weight excluding hydrogens is 136 g/mol. The van der Waals surface area contributed by atoms with Gasteiger partial charge in [0.1, 0.15) is 0 Å². The van der Waals surface area contributed by atoms with Crippen molar-refractivity contribution < 1.29 is 0 Å². The third-order valence-corrected chi connectivity index (χ3v) is 1.59. The minimum absolute atomic E-state index is 1.11. The van der Waals surface area contributed by atoms with E-state index in [1.807, 2.05) is 30.5 Å². The van der Waals surface area contributed by atoms with Gasteiger partial charge in [-0.3, -0.25) is 4.99 Å². The summed E-state index contributed by atoms with van der Waals surface area (Å²) in [4.78, 5) is 7.11. The molecule has 0 unspecified atom stereocenters. The first kappa shape index (κ1) is 6.16. The summed E-state index contributed by atoms with van der Waals surface area (Å²) in [6.45, 7) is 0. The summed E-state index contributed by atoms with van der Waals surface area (Å²) < 4.78 is 0. The summed E-state index contributed by atoms with van der Waals surface area (Å²) in [5.74, 6) is 0. The van der Waals surface area contributed by atoms with Crippen molar-refractivity contribution in [1.82, 2.24) is 4.98 Å². The van der Waals surface area contributed by atoms with Gasteiger partial charge in [0.05, 0.1) is 0 Å². The molecule has 1 aromatic rings. The Morgan fingerprint density at radius 2 is 2.27 bits per heavy atom. The highest BCUT2D eigenvalue weighted by Crippen LogP contribution is 1.78. The van der Waals surface area contributed by atoms with E-state index in [0.717, 1.165) is 5.35 Å². The summed E-state index contributed by atoms with van der Waals surface area (Å²) in [6, 6.07) is 2.04. The molecule has 11 heavy (non-hydrogen) atoms. The SMILES string of the molecule is C1=CN=CC=c2[nH]ccc2=C1. The van der Waals surface area contributed by atoms with Crippen molar-refractivity contribution >= 4 is 18.4 Å². The van der Waals surface area contributed by atoms with Gasteiger partial charge in [0.2, 0.25) is 0 Å². The van der Waals surface area contributed by atoms with E-state index in [1.54, 1.807) is 12.4 Å². The summed E-state index contributed by atoms with van der Waals surface area (Å²) in [5, 5.41) is 2.31. The molecule has 2 heterocycles. The van der Waals surface area contributed by atoms with Gasteiger partial charge in [0, 0.05) is 24.0 Å². The molecule has 2 nitrogen and oxygen atoms in total. The smallest absolute Gasteiger partial charge is 0.0469 e. The first-order valence-electron chi connectivity index (χ1n) is 3.50. The molecule has 0 atom stereocenters. The van der Waals surface area contributed by atoms with Gasteiger partial charge < -0.3 is 4.98 Å². The Balaban J connectivity index is 2.80. The van der Waals surface area contributed by atoms with Crippen molar-refractivity contribution in [3.8, 4) is 0 Å².